The van der Waals surface area contributed by atoms with Crippen LogP contribution in [-0.4, -0.2) is 0 Å². The Morgan fingerprint density at radius 2 is 1.69 bits per heavy atom. The van der Waals surface area contributed by atoms with Gasteiger partial charge in [-0.3, -0.25) is 0 Å². The van der Waals surface area contributed by atoms with Crippen molar-refractivity contribution in [3.05, 3.63) is 111 Å². The molecule has 4 aromatic carbocycles. The topological polar surface area (TPSA) is 56.8 Å². The lowest BCUT2D eigenvalue weighted by Crippen LogP contribution is -1.99. The summed E-state index contributed by atoms with van der Waals surface area (Å²) >= 11 is 10.0. The number of fused-ring (bicyclic) bond motifs is 1. The van der Waals surface area contributed by atoms with Gasteiger partial charge in [-0.1, -0.05) is 66.2 Å². The van der Waals surface area contributed by atoms with E-state index in [1.54, 1.807) is 18.2 Å². The van der Waals surface area contributed by atoms with Crippen LogP contribution in [0.5, 0.6) is 5.75 Å². The van der Waals surface area contributed by atoms with Gasteiger partial charge in [-0.2, -0.15) is 10.5 Å². The molecule has 32 heavy (non-hydrogen) atoms. The van der Waals surface area contributed by atoms with Crippen molar-refractivity contribution in [1.29, 1.82) is 10.5 Å². The van der Waals surface area contributed by atoms with Gasteiger partial charge in [0.2, 0.25) is 0 Å². The van der Waals surface area contributed by atoms with Crippen LogP contribution in [0.1, 0.15) is 22.3 Å². The summed E-state index contributed by atoms with van der Waals surface area (Å²) in [5.74, 6) is 0.487. The second-order valence-corrected chi connectivity index (χ2v) is 8.36. The van der Waals surface area contributed by atoms with E-state index in [9.17, 15) is 10.5 Å². The third kappa shape index (κ3) is 4.68. The van der Waals surface area contributed by atoms with Gasteiger partial charge < -0.3 is 4.74 Å². The molecular weight excluding hydrogens is 484 g/mol. The van der Waals surface area contributed by atoms with Gasteiger partial charge in [-0.05, 0) is 68.2 Å². The molecule has 0 spiro atoms. The molecule has 0 aliphatic carbocycles. The first-order chi connectivity index (χ1) is 15.6. The molecule has 4 aromatic rings. The summed E-state index contributed by atoms with van der Waals surface area (Å²) in [7, 11) is 0. The van der Waals surface area contributed by atoms with Crippen LogP contribution in [0.3, 0.4) is 0 Å². The Bertz CT molecular complexity index is 1410. The molecule has 0 aromatic heterocycles. The SMILES string of the molecule is N#CC(=Cc1cc(Cl)c(OCc2ccccc2C#N)c(Br)c1)c1ccc2ccccc2c1. The number of benzene rings is 4. The highest BCUT2D eigenvalue weighted by Gasteiger charge is 2.12. The number of hydrogen-bond donors (Lipinski definition) is 0. The third-order valence-electron chi connectivity index (χ3n) is 5.02. The molecule has 5 heteroatoms. The Labute approximate surface area is 199 Å². The highest BCUT2D eigenvalue weighted by atomic mass is 79.9. The first kappa shape index (κ1) is 21.7. The van der Waals surface area contributed by atoms with E-state index in [1.807, 2.05) is 66.7 Å². The van der Waals surface area contributed by atoms with Gasteiger partial charge in [0.05, 0.1) is 32.8 Å². The number of nitriles is 2. The monoisotopic (exact) mass is 498 g/mol. The predicted octanol–water partition coefficient (Wildman–Crippen LogP) is 7.77. The molecule has 0 aliphatic rings. The van der Waals surface area contributed by atoms with E-state index in [-0.39, 0.29) is 6.61 Å². The Morgan fingerprint density at radius 1 is 0.938 bits per heavy atom. The van der Waals surface area contributed by atoms with Crippen molar-refractivity contribution >= 4 is 50.0 Å². The van der Waals surface area contributed by atoms with Crippen LogP contribution >= 0.6 is 27.5 Å². The van der Waals surface area contributed by atoms with Gasteiger partial charge >= 0.3 is 0 Å². The zero-order valence-electron chi connectivity index (χ0n) is 16.8. The van der Waals surface area contributed by atoms with E-state index >= 15 is 0 Å². The minimum Gasteiger partial charge on any atom is -0.486 e. The zero-order chi connectivity index (χ0) is 22.5. The molecular formula is C27H16BrClN2O. The Morgan fingerprint density at radius 3 is 2.44 bits per heavy atom. The highest BCUT2D eigenvalue weighted by Crippen LogP contribution is 2.36. The smallest absolute Gasteiger partial charge is 0.152 e. The van der Waals surface area contributed by atoms with Crippen molar-refractivity contribution in [2.75, 3.05) is 0 Å². The molecule has 0 saturated heterocycles. The van der Waals surface area contributed by atoms with Crippen LogP contribution in [0.2, 0.25) is 5.02 Å². The quantitative estimate of drug-likeness (QED) is 0.208. The highest BCUT2D eigenvalue weighted by molar-refractivity contribution is 9.10. The first-order valence-corrected chi connectivity index (χ1v) is 11.0. The molecule has 0 saturated carbocycles. The summed E-state index contributed by atoms with van der Waals surface area (Å²) < 4.78 is 6.57. The van der Waals surface area contributed by atoms with Crippen LogP contribution in [-0.2, 0) is 6.61 Å². The largest absolute Gasteiger partial charge is 0.486 e. The molecule has 0 radical (unpaired) electrons. The fourth-order valence-corrected chi connectivity index (χ4v) is 4.40. The van der Waals surface area contributed by atoms with Crippen molar-refractivity contribution in [3.63, 3.8) is 0 Å². The summed E-state index contributed by atoms with van der Waals surface area (Å²) in [4.78, 5) is 0. The van der Waals surface area contributed by atoms with Crippen molar-refractivity contribution in [2.45, 2.75) is 6.61 Å². The number of halogens is 2. The van der Waals surface area contributed by atoms with Crippen LogP contribution in [0, 0.1) is 22.7 Å². The zero-order valence-corrected chi connectivity index (χ0v) is 19.2. The molecule has 0 unspecified atom stereocenters. The summed E-state index contributed by atoms with van der Waals surface area (Å²) in [6.45, 7) is 0.220. The van der Waals surface area contributed by atoms with E-state index in [2.05, 4.69) is 28.1 Å². The average molecular weight is 500 g/mol. The number of rotatable bonds is 5. The minimum absolute atomic E-state index is 0.220. The molecule has 0 aliphatic heterocycles. The van der Waals surface area contributed by atoms with E-state index in [0.29, 0.717) is 26.4 Å². The lowest BCUT2D eigenvalue weighted by Gasteiger charge is -2.12. The normalized spacial score (nSPS) is 11.1. The lowest BCUT2D eigenvalue weighted by molar-refractivity contribution is 0.304. The van der Waals surface area contributed by atoms with Crippen molar-refractivity contribution in [1.82, 2.24) is 0 Å². The molecule has 4 rings (SSSR count). The van der Waals surface area contributed by atoms with Crippen molar-refractivity contribution in [3.8, 4) is 17.9 Å². The number of nitrogens with zero attached hydrogens (tertiary/aromatic N) is 2. The van der Waals surface area contributed by atoms with Crippen molar-refractivity contribution in [2.24, 2.45) is 0 Å². The minimum atomic E-state index is 0.220. The Hall–Kier alpha value is -3.57. The maximum absolute atomic E-state index is 9.75. The Balaban J connectivity index is 1.62. The van der Waals surface area contributed by atoms with Crippen LogP contribution < -0.4 is 4.74 Å². The van der Waals surface area contributed by atoms with Gasteiger partial charge in [0.15, 0.2) is 5.75 Å². The predicted molar refractivity (Wildman–Crippen MR) is 132 cm³/mol. The molecule has 0 atom stereocenters. The number of allylic oxidation sites excluding steroid dienone is 1. The van der Waals surface area contributed by atoms with Crippen LogP contribution in [0.4, 0.5) is 0 Å². The van der Waals surface area contributed by atoms with Crippen molar-refractivity contribution < 1.29 is 4.74 Å². The number of ether oxygens (including phenoxy) is 1. The van der Waals surface area contributed by atoms with Gasteiger partial charge in [0, 0.05) is 5.56 Å². The maximum atomic E-state index is 9.75. The van der Waals surface area contributed by atoms with Crippen LogP contribution in [0.25, 0.3) is 22.4 Å². The molecule has 0 amide bonds. The van der Waals surface area contributed by atoms with Gasteiger partial charge in [0.25, 0.3) is 0 Å². The molecule has 0 bridgehead atoms. The second kappa shape index (κ2) is 9.71. The van der Waals surface area contributed by atoms with E-state index in [4.69, 9.17) is 16.3 Å². The fraction of sp³-hybridized carbons (Fsp3) is 0.0370. The standard InChI is InChI=1S/C27H16BrClN2O/c28-25-12-18(11-24(16-31)21-10-9-19-5-1-2-6-20(19)14-21)13-26(29)27(25)32-17-23-8-4-3-7-22(23)15-30/h1-14H,17H2. The summed E-state index contributed by atoms with van der Waals surface area (Å²) in [6.07, 6.45) is 1.80. The summed E-state index contributed by atoms with van der Waals surface area (Å²) in [5, 5.41) is 21.6. The van der Waals surface area contributed by atoms with Gasteiger partial charge in [0.1, 0.15) is 6.61 Å². The molecule has 154 valence electrons. The van der Waals surface area contributed by atoms with Crippen LogP contribution in [0.15, 0.2) is 83.3 Å². The molecule has 0 N–H and O–H groups in total. The van der Waals surface area contributed by atoms with E-state index < -0.39 is 0 Å². The second-order valence-electron chi connectivity index (χ2n) is 7.10. The molecule has 0 heterocycles. The van der Waals surface area contributed by atoms with Gasteiger partial charge in [-0.15, -0.1) is 0 Å². The fourth-order valence-electron chi connectivity index (χ4n) is 3.41. The van der Waals surface area contributed by atoms with E-state index in [0.717, 1.165) is 27.5 Å². The lowest BCUT2D eigenvalue weighted by atomic mass is 10.00. The third-order valence-corrected chi connectivity index (χ3v) is 5.89. The summed E-state index contributed by atoms with van der Waals surface area (Å²) in [6, 6.07) is 29.3. The molecule has 3 nitrogen and oxygen atoms in total. The maximum Gasteiger partial charge on any atom is 0.152 e. The molecule has 0 fully saturated rings. The van der Waals surface area contributed by atoms with Gasteiger partial charge in [-0.25, -0.2) is 0 Å². The average Bonchev–Trinajstić information content (AvgIpc) is 2.82. The number of hydrogen-bond acceptors (Lipinski definition) is 3. The first-order valence-electron chi connectivity index (χ1n) is 9.80. The van der Waals surface area contributed by atoms with E-state index in [1.165, 1.54) is 0 Å². The Kier molecular flexibility index (Phi) is 6.57. The summed E-state index contributed by atoms with van der Waals surface area (Å²) in [5.41, 5.74) is 3.50.